The number of rotatable bonds is 2. The van der Waals surface area contributed by atoms with Gasteiger partial charge in [-0.3, -0.25) is 4.79 Å². The largest absolute Gasteiger partial charge is 0.381 e. The zero-order valence-electron chi connectivity index (χ0n) is 10.1. The van der Waals surface area contributed by atoms with Gasteiger partial charge in [0.1, 0.15) is 0 Å². The minimum absolute atomic E-state index is 0.321. The first-order chi connectivity index (χ1) is 7.73. The number of amides is 1. The van der Waals surface area contributed by atoms with E-state index in [0.717, 1.165) is 32.5 Å². The zero-order valence-corrected chi connectivity index (χ0v) is 10.1. The van der Waals surface area contributed by atoms with Crippen molar-refractivity contribution in [1.82, 2.24) is 4.90 Å². The highest BCUT2D eigenvalue weighted by Gasteiger charge is 2.59. The van der Waals surface area contributed by atoms with Crippen LogP contribution < -0.4 is 0 Å². The highest BCUT2D eigenvalue weighted by Crippen LogP contribution is 2.59. The Kier molecular flexibility index (Phi) is 2.46. The SMILES string of the molecule is CN(C(=O)C1CC12CCOCC2)C1CCC1. The summed E-state index contributed by atoms with van der Waals surface area (Å²) in [5, 5.41) is 0. The van der Waals surface area contributed by atoms with E-state index in [-0.39, 0.29) is 0 Å². The third-order valence-electron chi connectivity index (χ3n) is 4.95. The van der Waals surface area contributed by atoms with E-state index < -0.39 is 0 Å². The second kappa shape index (κ2) is 3.73. The topological polar surface area (TPSA) is 29.5 Å². The molecule has 3 nitrogen and oxygen atoms in total. The molecular formula is C13H21NO2. The van der Waals surface area contributed by atoms with Crippen molar-refractivity contribution < 1.29 is 9.53 Å². The average Bonchev–Trinajstić information content (AvgIpc) is 2.89. The molecule has 3 fully saturated rings. The maximum atomic E-state index is 12.3. The molecular weight excluding hydrogens is 202 g/mol. The molecule has 0 aromatic rings. The van der Waals surface area contributed by atoms with E-state index in [9.17, 15) is 4.79 Å². The van der Waals surface area contributed by atoms with Crippen molar-refractivity contribution in [3.8, 4) is 0 Å². The van der Waals surface area contributed by atoms with Crippen LogP contribution in [0, 0.1) is 11.3 Å². The molecule has 3 heteroatoms. The number of nitrogens with zero attached hydrogens (tertiary/aromatic N) is 1. The fraction of sp³-hybridized carbons (Fsp3) is 0.923. The number of carbonyl (C=O) groups is 1. The average molecular weight is 223 g/mol. The summed E-state index contributed by atoms with van der Waals surface area (Å²) in [6.07, 6.45) is 7.04. The Bertz CT molecular complexity index is 292. The van der Waals surface area contributed by atoms with Crippen LogP contribution in [0.5, 0.6) is 0 Å². The molecule has 1 unspecified atom stereocenters. The molecule has 0 aromatic carbocycles. The van der Waals surface area contributed by atoms with Crippen LogP contribution in [-0.2, 0) is 9.53 Å². The predicted molar refractivity (Wildman–Crippen MR) is 61.0 cm³/mol. The second-order valence-electron chi connectivity index (χ2n) is 5.77. The Morgan fingerprint density at radius 1 is 1.31 bits per heavy atom. The van der Waals surface area contributed by atoms with Gasteiger partial charge in [-0.05, 0) is 43.9 Å². The molecule has 3 aliphatic rings. The predicted octanol–water partition coefficient (Wildman–Crippen LogP) is 1.81. The highest BCUT2D eigenvalue weighted by atomic mass is 16.5. The van der Waals surface area contributed by atoms with Crippen LogP contribution in [0.3, 0.4) is 0 Å². The summed E-state index contributed by atoms with van der Waals surface area (Å²) in [5.41, 5.74) is 0.341. The Hall–Kier alpha value is -0.570. The van der Waals surface area contributed by atoms with Gasteiger partial charge >= 0.3 is 0 Å². The number of ether oxygens (including phenoxy) is 1. The first-order valence-electron chi connectivity index (χ1n) is 6.57. The van der Waals surface area contributed by atoms with Crippen LogP contribution in [0.4, 0.5) is 0 Å². The smallest absolute Gasteiger partial charge is 0.226 e. The summed E-state index contributed by atoms with van der Waals surface area (Å²) >= 11 is 0. The monoisotopic (exact) mass is 223 g/mol. The summed E-state index contributed by atoms with van der Waals surface area (Å²) in [4.78, 5) is 14.3. The van der Waals surface area contributed by atoms with Gasteiger partial charge in [-0.1, -0.05) is 0 Å². The summed E-state index contributed by atoms with van der Waals surface area (Å²) in [6, 6.07) is 0.546. The van der Waals surface area contributed by atoms with Crippen LogP contribution in [0.15, 0.2) is 0 Å². The summed E-state index contributed by atoms with van der Waals surface area (Å²) < 4.78 is 5.39. The van der Waals surface area contributed by atoms with Gasteiger partial charge in [0.2, 0.25) is 5.91 Å². The quantitative estimate of drug-likeness (QED) is 0.714. The highest BCUT2D eigenvalue weighted by molar-refractivity contribution is 5.82. The van der Waals surface area contributed by atoms with Gasteiger partial charge in [0, 0.05) is 32.2 Å². The minimum atomic E-state index is 0.321. The molecule has 0 bridgehead atoms. The Labute approximate surface area is 97.1 Å². The van der Waals surface area contributed by atoms with Crippen molar-refractivity contribution in [3.63, 3.8) is 0 Å². The molecule has 0 N–H and O–H groups in total. The molecule has 1 saturated heterocycles. The lowest BCUT2D eigenvalue weighted by Gasteiger charge is -2.35. The lowest BCUT2D eigenvalue weighted by molar-refractivity contribution is -0.136. The summed E-state index contributed by atoms with van der Waals surface area (Å²) in [5.74, 6) is 0.730. The van der Waals surface area contributed by atoms with Crippen LogP contribution >= 0.6 is 0 Å². The summed E-state index contributed by atoms with van der Waals surface area (Å²) in [6.45, 7) is 1.72. The molecule has 1 heterocycles. The second-order valence-corrected chi connectivity index (χ2v) is 5.77. The third kappa shape index (κ3) is 1.56. The van der Waals surface area contributed by atoms with E-state index in [1.807, 2.05) is 11.9 Å². The maximum Gasteiger partial charge on any atom is 0.226 e. The molecule has 1 aliphatic heterocycles. The van der Waals surface area contributed by atoms with Crippen LogP contribution in [0.2, 0.25) is 0 Å². The Balaban J connectivity index is 1.60. The number of carbonyl (C=O) groups excluding carboxylic acids is 1. The molecule has 2 saturated carbocycles. The van der Waals surface area contributed by atoms with E-state index >= 15 is 0 Å². The van der Waals surface area contributed by atoms with E-state index in [0.29, 0.717) is 23.3 Å². The molecule has 1 amide bonds. The molecule has 1 spiro atoms. The van der Waals surface area contributed by atoms with Gasteiger partial charge in [0.25, 0.3) is 0 Å². The fourth-order valence-corrected chi connectivity index (χ4v) is 3.23. The molecule has 2 aliphatic carbocycles. The standard InChI is InChI=1S/C13H21NO2/c1-14(10-3-2-4-10)12(15)11-9-13(11)5-7-16-8-6-13/h10-11H,2-9H2,1H3. The fourth-order valence-electron chi connectivity index (χ4n) is 3.23. The van der Waals surface area contributed by atoms with Crippen LogP contribution in [0.25, 0.3) is 0 Å². The van der Waals surface area contributed by atoms with Gasteiger partial charge in [-0.2, -0.15) is 0 Å². The van der Waals surface area contributed by atoms with Crippen LogP contribution in [-0.4, -0.2) is 37.1 Å². The lowest BCUT2D eigenvalue weighted by atomic mass is 9.90. The van der Waals surface area contributed by atoms with E-state index in [2.05, 4.69) is 0 Å². The minimum Gasteiger partial charge on any atom is -0.381 e. The van der Waals surface area contributed by atoms with Gasteiger partial charge in [-0.25, -0.2) is 0 Å². The van der Waals surface area contributed by atoms with Crippen molar-refractivity contribution in [3.05, 3.63) is 0 Å². The van der Waals surface area contributed by atoms with Crippen molar-refractivity contribution in [2.45, 2.75) is 44.6 Å². The van der Waals surface area contributed by atoms with Gasteiger partial charge in [0.05, 0.1) is 0 Å². The van der Waals surface area contributed by atoms with Gasteiger partial charge in [0.15, 0.2) is 0 Å². The molecule has 1 atom stereocenters. The first kappa shape index (κ1) is 10.6. The molecule has 0 radical (unpaired) electrons. The molecule has 16 heavy (non-hydrogen) atoms. The van der Waals surface area contributed by atoms with Crippen molar-refractivity contribution in [2.75, 3.05) is 20.3 Å². The van der Waals surface area contributed by atoms with Crippen LogP contribution in [0.1, 0.15) is 38.5 Å². The zero-order chi connectivity index (χ0) is 11.2. The Morgan fingerprint density at radius 3 is 2.56 bits per heavy atom. The van der Waals surface area contributed by atoms with E-state index in [1.54, 1.807) is 0 Å². The third-order valence-corrected chi connectivity index (χ3v) is 4.95. The summed E-state index contributed by atoms with van der Waals surface area (Å²) in [7, 11) is 2.00. The van der Waals surface area contributed by atoms with Gasteiger partial charge < -0.3 is 9.64 Å². The van der Waals surface area contributed by atoms with Gasteiger partial charge in [-0.15, -0.1) is 0 Å². The number of hydrogen-bond donors (Lipinski definition) is 0. The van der Waals surface area contributed by atoms with Crippen molar-refractivity contribution >= 4 is 5.91 Å². The number of hydrogen-bond acceptors (Lipinski definition) is 2. The van der Waals surface area contributed by atoms with E-state index in [1.165, 1.54) is 19.3 Å². The molecule has 0 aromatic heterocycles. The van der Waals surface area contributed by atoms with E-state index in [4.69, 9.17) is 4.74 Å². The normalized spacial score (nSPS) is 32.2. The maximum absolute atomic E-state index is 12.3. The first-order valence-corrected chi connectivity index (χ1v) is 6.57. The lowest BCUT2D eigenvalue weighted by Crippen LogP contribution is -2.43. The van der Waals surface area contributed by atoms with Crippen molar-refractivity contribution in [1.29, 1.82) is 0 Å². The molecule has 90 valence electrons. The molecule has 3 rings (SSSR count). The Morgan fingerprint density at radius 2 is 2.00 bits per heavy atom. The van der Waals surface area contributed by atoms with Crippen molar-refractivity contribution in [2.24, 2.45) is 11.3 Å².